The van der Waals surface area contributed by atoms with Crippen molar-refractivity contribution in [2.45, 2.75) is 115 Å². The van der Waals surface area contributed by atoms with Crippen LogP contribution in [0.15, 0.2) is 34.9 Å². The first-order valence-electron chi connectivity index (χ1n) is 12.5. The topological polar surface area (TPSA) is 60.7 Å². The van der Waals surface area contributed by atoms with Gasteiger partial charge in [-0.2, -0.15) is 11.8 Å². The maximum absolute atomic E-state index is 10.6. The van der Waals surface area contributed by atoms with Crippen LogP contribution in [0.1, 0.15) is 91.9 Å². The fourth-order valence-corrected chi connectivity index (χ4v) is 7.53. The summed E-state index contributed by atoms with van der Waals surface area (Å²) in [4.78, 5) is 0. The van der Waals surface area contributed by atoms with Crippen molar-refractivity contribution in [3.8, 4) is 0 Å². The standard InChI is InChI=1S/C27H44O3S/c1-5-27(30,6-2)14-15-31-19(3)24-11-12-25-21(8-7-13-26(24,25)4)10-9-20-16-22(28)18-23(29)17-20/h9-11,19,22-23,25,28-30H,5-8,12-18H2,1-4H3/b21-10+/t19-,22+,23+,25?,26+/m0/s1. The van der Waals surface area contributed by atoms with Crippen molar-refractivity contribution in [1.82, 2.24) is 0 Å². The molecule has 2 saturated carbocycles. The van der Waals surface area contributed by atoms with E-state index in [1.165, 1.54) is 18.4 Å². The van der Waals surface area contributed by atoms with Crippen LogP contribution in [0.3, 0.4) is 0 Å². The van der Waals surface area contributed by atoms with Crippen LogP contribution in [0.5, 0.6) is 0 Å². The Bertz CT molecular complexity index is 693. The maximum atomic E-state index is 10.6. The Hall–Kier alpha value is -0.550. The lowest BCUT2D eigenvalue weighted by atomic mass is 9.64. The highest BCUT2D eigenvalue weighted by Crippen LogP contribution is 2.56. The summed E-state index contributed by atoms with van der Waals surface area (Å²) >= 11 is 2.01. The zero-order valence-corrected chi connectivity index (χ0v) is 20.9. The minimum absolute atomic E-state index is 0.242. The highest BCUT2D eigenvalue weighted by atomic mass is 32.2. The zero-order valence-electron chi connectivity index (χ0n) is 20.1. The summed E-state index contributed by atoms with van der Waals surface area (Å²) in [6.07, 6.45) is 15.4. The number of hydrogen-bond donors (Lipinski definition) is 3. The van der Waals surface area contributed by atoms with Gasteiger partial charge >= 0.3 is 0 Å². The number of thioether (sulfide) groups is 1. The van der Waals surface area contributed by atoms with E-state index in [2.05, 4.69) is 45.9 Å². The minimum atomic E-state index is -0.502. The lowest BCUT2D eigenvalue weighted by Gasteiger charge is -2.42. The van der Waals surface area contributed by atoms with Gasteiger partial charge in [-0.3, -0.25) is 0 Å². The van der Waals surface area contributed by atoms with Gasteiger partial charge in [0.15, 0.2) is 0 Å². The third-order valence-corrected chi connectivity index (χ3v) is 9.57. The monoisotopic (exact) mass is 448 g/mol. The summed E-state index contributed by atoms with van der Waals surface area (Å²) < 4.78 is 0. The molecule has 3 aliphatic rings. The van der Waals surface area contributed by atoms with E-state index in [-0.39, 0.29) is 5.41 Å². The Morgan fingerprint density at radius 2 is 1.87 bits per heavy atom. The number of fused-ring (bicyclic) bond motifs is 1. The summed E-state index contributed by atoms with van der Waals surface area (Å²) in [6.45, 7) is 8.99. The van der Waals surface area contributed by atoms with Gasteiger partial charge in [0.1, 0.15) is 0 Å². The highest BCUT2D eigenvalue weighted by molar-refractivity contribution is 8.00. The normalized spacial score (nSPS) is 33.9. The number of aliphatic hydroxyl groups is 3. The lowest BCUT2D eigenvalue weighted by molar-refractivity contribution is 0.0296. The van der Waals surface area contributed by atoms with Crippen molar-refractivity contribution in [2.24, 2.45) is 11.3 Å². The summed E-state index contributed by atoms with van der Waals surface area (Å²) in [5.41, 5.74) is 4.08. The minimum Gasteiger partial charge on any atom is -0.393 e. The molecule has 0 radical (unpaired) electrons. The summed E-state index contributed by atoms with van der Waals surface area (Å²) in [6, 6.07) is 0. The molecule has 1 unspecified atom stereocenters. The average molecular weight is 449 g/mol. The first-order chi connectivity index (χ1) is 14.7. The summed E-state index contributed by atoms with van der Waals surface area (Å²) in [5, 5.41) is 31.1. The molecule has 3 rings (SSSR count). The summed E-state index contributed by atoms with van der Waals surface area (Å²) in [5.74, 6) is 1.59. The zero-order chi connectivity index (χ0) is 22.6. The Kier molecular flexibility index (Phi) is 8.57. The molecule has 2 fully saturated rings. The molecule has 4 heteroatoms. The van der Waals surface area contributed by atoms with Crippen molar-refractivity contribution in [1.29, 1.82) is 0 Å². The number of aliphatic hydroxyl groups excluding tert-OH is 2. The van der Waals surface area contributed by atoms with E-state index in [4.69, 9.17) is 0 Å². The van der Waals surface area contributed by atoms with Gasteiger partial charge in [0, 0.05) is 5.25 Å². The smallest absolute Gasteiger partial charge is 0.0650 e. The van der Waals surface area contributed by atoms with Crippen molar-refractivity contribution in [3.63, 3.8) is 0 Å². The molecule has 0 aromatic carbocycles. The molecule has 31 heavy (non-hydrogen) atoms. The molecular weight excluding hydrogens is 404 g/mol. The van der Waals surface area contributed by atoms with Gasteiger partial charge in [-0.15, -0.1) is 0 Å². The molecule has 0 saturated heterocycles. The van der Waals surface area contributed by atoms with Crippen molar-refractivity contribution in [2.75, 3.05) is 5.75 Å². The lowest BCUT2D eigenvalue weighted by Crippen LogP contribution is -2.33. The predicted octanol–water partition coefficient (Wildman–Crippen LogP) is 5.94. The average Bonchev–Trinajstić information content (AvgIpc) is 3.09. The van der Waals surface area contributed by atoms with Gasteiger partial charge in [0.25, 0.3) is 0 Å². The molecule has 0 heterocycles. The van der Waals surface area contributed by atoms with Crippen LogP contribution in [0.4, 0.5) is 0 Å². The van der Waals surface area contributed by atoms with Gasteiger partial charge in [0.05, 0.1) is 17.8 Å². The van der Waals surface area contributed by atoms with Crippen molar-refractivity contribution >= 4 is 11.8 Å². The number of hydrogen-bond acceptors (Lipinski definition) is 4. The van der Waals surface area contributed by atoms with Crippen LogP contribution in [-0.4, -0.2) is 44.1 Å². The van der Waals surface area contributed by atoms with Gasteiger partial charge in [0.2, 0.25) is 0 Å². The molecule has 0 amide bonds. The van der Waals surface area contributed by atoms with Crippen LogP contribution in [0.2, 0.25) is 0 Å². The maximum Gasteiger partial charge on any atom is 0.0650 e. The third kappa shape index (κ3) is 5.88. The quantitative estimate of drug-likeness (QED) is 0.402. The summed E-state index contributed by atoms with van der Waals surface area (Å²) in [7, 11) is 0. The first-order valence-corrected chi connectivity index (χ1v) is 13.5. The van der Waals surface area contributed by atoms with Crippen molar-refractivity contribution in [3.05, 3.63) is 34.9 Å². The van der Waals surface area contributed by atoms with E-state index in [1.54, 1.807) is 11.1 Å². The van der Waals surface area contributed by atoms with E-state index in [0.717, 1.165) is 37.9 Å². The molecule has 5 atom stereocenters. The van der Waals surface area contributed by atoms with E-state index in [0.29, 0.717) is 30.4 Å². The Labute approximate surface area is 194 Å². The third-order valence-electron chi connectivity index (χ3n) is 8.37. The number of rotatable bonds is 8. The van der Waals surface area contributed by atoms with Crippen LogP contribution in [-0.2, 0) is 0 Å². The van der Waals surface area contributed by atoms with E-state index in [9.17, 15) is 15.3 Å². The SMILES string of the molecule is CCC(O)(CC)CCS[C@@H](C)C1=CCC2/C(=C/C=C3C[C@@H](O)C[C@H](O)C3)CCC[C@]12C. The van der Waals surface area contributed by atoms with Crippen LogP contribution < -0.4 is 0 Å². The van der Waals surface area contributed by atoms with Gasteiger partial charge in [-0.05, 0) is 88.2 Å². The fourth-order valence-electron chi connectivity index (χ4n) is 6.13. The Morgan fingerprint density at radius 1 is 1.19 bits per heavy atom. The van der Waals surface area contributed by atoms with Crippen LogP contribution >= 0.6 is 11.8 Å². The largest absolute Gasteiger partial charge is 0.393 e. The Balaban J connectivity index is 1.65. The van der Waals surface area contributed by atoms with E-state index in [1.807, 2.05) is 11.8 Å². The Morgan fingerprint density at radius 3 is 2.52 bits per heavy atom. The van der Waals surface area contributed by atoms with Gasteiger partial charge in [-0.1, -0.05) is 55.7 Å². The van der Waals surface area contributed by atoms with Gasteiger partial charge in [-0.25, -0.2) is 0 Å². The second kappa shape index (κ2) is 10.6. The van der Waals surface area contributed by atoms with E-state index >= 15 is 0 Å². The van der Waals surface area contributed by atoms with Gasteiger partial charge < -0.3 is 15.3 Å². The van der Waals surface area contributed by atoms with E-state index < -0.39 is 17.8 Å². The molecule has 3 nitrogen and oxygen atoms in total. The van der Waals surface area contributed by atoms with Crippen LogP contribution in [0, 0.1) is 11.3 Å². The fraction of sp³-hybridized carbons (Fsp3) is 0.778. The molecule has 3 aliphatic carbocycles. The molecule has 0 spiro atoms. The molecule has 176 valence electrons. The molecule has 0 aliphatic heterocycles. The van der Waals surface area contributed by atoms with Crippen molar-refractivity contribution < 1.29 is 15.3 Å². The molecule has 0 aromatic heterocycles. The molecule has 3 N–H and O–H groups in total. The van der Waals surface area contributed by atoms with Crippen LogP contribution in [0.25, 0.3) is 0 Å². The molecule has 0 aromatic rings. The second-order valence-electron chi connectivity index (χ2n) is 10.4. The molecular formula is C27H44O3S. The predicted molar refractivity (Wildman–Crippen MR) is 132 cm³/mol. The highest BCUT2D eigenvalue weighted by Gasteiger charge is 2.46. The first kappa shape index (κ1) is 25.1. The number of allylic oxidation sites excluding steroid dienone is 4. The molecule has 0 bridgehead atoms. The second-order valence-corrected chi connectivity index (χ2v) is 11.9.